The quantitative estimate of drug-likeness (QED) is 0.747. The van der Waals surface area contributed by atoms with Crippen LogP contribution in [0, 0.1) is 5.41 Å². The molecule has 0 amide bonds. The fourth-order valence-corrected chi connectivity index (χ4v) is 3.32. The minimum absolute atomic E-state index is 0.238. The SMILES string of the molecule is CC(C)OC(=O)[C@]12C=CO[C@@]1(C(=O)OC(C)C)CCCCC2. The van der Waals surface area contributed by atoms with Gasteiger partial charge in [-0.25, -0.2) is 4.79 Å². The van der Waals surface area contributed by atoms with E-state index in [4.69, 9.17) is 14.2 Å². The Labute approximate surface area is 132 Å². The molecule has 0 spiro atoms. The van der Waals surface area contributed by atoms with Crippen molar-refractivity contribution in [3.8, 4) is 0 Å². The van der Waals surface area contributed by atoms with E-state index >= 15 is 0 Å². The summed E-state index contributed by atoms with van der Waals surface area (Å²) in [6.07, 6.45) is 6.33. The summed E-state index contributed by atoms with van der Waals surface area (Å²) in [5.74, 6) is -0.853. The molecule has 5 nitrogen and oxygen atoms in total. The second-order valence-electron chi connectivity index (χ2n) is 6.69. The van der Waals surface area contributed by atoms with E-state index in [1.807, 2.05) is 0 Å². The first-order valence-electron chi connectivity index (χ1n) is 8.12. The highest BCUT2D eigenvalue weighted by atomic mass is 16.6. The lowest BCUT2D eigenvalue weighted by atomic mass is 9.69. The second-order valence-corrected chi connectivity index (χ2v) is 6.69. The number of ether oxygens (including phenoxy) is 3. The van der Waals surface area contributed by atoms with Crippen molar-refractivity contribution in [2.24, 2.45) is 5.41 Å². The van der Waals surface area contributed by atoms with E-state index < -0.39 is 17.0 Å². The van der Waals surface area contributed by atoms with Gasteiger partial charge in [0.05, 0.1) is 18.5 Å². The van der Waals surface area contributed by atoms with Crippen LogP contribution in [0.25, 0.3) is 0 Å². The Morgan fingerprint density at radius 2 is 1.55 bits per heavy atom. The molecule has 1 aliphatic carbocycles. The molecule has 2 atom stereocenters. The molecule has 1 heterocycles. The molecule has 0 saturated heterocycles. The zero-order chi connectivity index (χ0) is 16.4. The molecule has 0 aromatic heterocycles. The third-order valence-corrected chi connectivity index (χ3v) is 4.32. The molecule has 0 aromatic rings. The molecule has 0 N–H and O–H groups in total. The standard InChI is InChI=1S/C17H26O5/c1-12(2)21-14(18)16-8-6-5-7-9-17(16,20-11-10-16)15(19)22-13(3)4/h10-13H,5-9H2,1-4H3/t16-,17+/m0/s1. The molecule has 124 valence electrons. The van der Waals surface area contributed by atoms with E-state index in [1.165, 1.54) is 6.26 Å². The van der Waals surface area contributed by atoms with Crippen molar-refractivity contribution in [3.05, 3.63) is 12.3 Å². The van der Waals surface area contributed by atoms with E-state index in [9.17, 15) is 9.59 Å². The van der Waals surface area contributed by atoms with E-state index in [0.717, 1.165) is 19.3 Å². The van der Waals surface area contributed by atoms with Gasteiger partial charge in [0.1, 0.15) is 5.41 Å². The van der Waals surface area contributed by atoms with Crippen molar-refractivity contribution in [2.45, 2.75) is 77.6 Å². The summed E-state index contributed by atoms with van der Waals surface area (Å²) in [5, 5.41) is 0. The molecule has 0 unspecified atom stereocenters. The molecule has 2 aliphatic rings. The van der Waals surface area contributed by atoms with Crippen molar-refractivity contribution in [1.82, 2.24) is 0 Å². The van der Waals surface area contributed by atoms with Crippen LogP contribution in [0.3, 0.4) is 0 Å². The third-order valence-electron chi connectivity index (χ3n) is 4.32. The van der Waals surface area contributed by atoms with Crippen LogP contribution >= 0.6 is 0 Å². The van der Waals surface area contributed by atoms with Crippen LogP contribution in [-0.4, -0.2) is 29.7 Å². The zero-order valence-corrected chi connectivity index (χ0v) is 13.9. The fourth-order valence-electron chi connectivity index (χ4n) is 3.32. The van der Waals surface area contributed by atoms with E-state index in [2.05, 4.69) is 0 Å². The maximum atomic E-state index is 12.8. The summed E-state index contributed by atoms with van der Waals surface area (Å²) in [6, 6.07) is 0. The zero-order valence-electron chi connectivity index (χ0n) is 13.9. The van der Waals surface area contributed by atoms with Gasteiger partial charge in [0, 0.05) is 0 Å². The highest BCUT2D eigenvalue weighted by Gasteiger charge is 2.66. The fraction of sp³-hybridized carbons (Fsp3) is 0.765. The van der Waals surface area contributed by atoms with E-state index in [0.29, 0.717) is 12.8 Å². The Balaban J connectivity index is 2.41. The Morgan fingerprint density at radius 3 is 2.18 bits per heavy atom. The van der Waals surface area contributed by atoms with Gasteiger partial charge in [-0.3, -0.25) is 4.79 Å². The third kappa shape index (κ3) is 2.73. The van der Waals surface area contributed by atoms with E-state index in [1.54, 1.807) is 33.8 Å². The number of hydrogen-bond acceptors (Lipinski definition) is 5. The Hall–Kier alpha value is -1.52. The largest absolute Gasteiger partial charge is 0.482 e. The molecule has 0 aromatic carbocycles. The van der Waals surface area contributed by atoms with Gasteiger partial charge in [0.25, 0.3) is 0 Å². The van der Waals surface area contributed by atoms with Gasteiger partial charge in [-0.05, 0) is 53.0 Å². The van der Waals surface area contributed by atoms with Gasteiger partial charge in [0.15, 0.2) is 0 Å². The normalized spacial score (nSPS) is 30.6. The van der Waals surface area contributed by atoms with Crippen LogP contribution in [0.1, 0.15) is 59.8 Å². The smallest absolute Gasteiger partial charge is 0.352 e. The Morgan fingerprint density at radius 1 is 0.955 bits per heavy atom. The first-order chi connectivity index (χ1) is 10.3. The molecule has 5 heteroatoms. The Kier molecular flexibility index (Phi) is 4.83. The maximum absolute atomic E-state index is 12.8. The predicted molar refractivity (Wildman–Crippen MR) is 80.9 cm³/mol. The molecule has 1 aliphatic heterocycles. The van der Waals surface area contributed by atoms with Crippen molar-refractivity contribution in [3.63, 3.8) is 0 Å². The van der Waals surface area contributed by atoms with Gasteiger partial charge in [-0.2, -0.15) is 0 Å². The number of rotatable bonds is 4. The van der Waals surface area contributed by atoms with Crippen molar-refractivity contribution in [1.29, 1.82) is 0 Å². The van der Waals surface area contributed by atoms with Crippen molar-refractivity contribution < 1.29 is 23.8 Å². The lowest BCUT2D eigenvalue weighted by Gasteiger charge is -2.39. The monoisotopic (exact) mass is 310 g/mol. The molecule has 22 heavy (non-hydrogen) atoms. The second kappa shape index (κ2) is 6.31. The molecule has 0 bridgehead atoms. The minimum Gasteiger partial charge on any atom is -0.482 e. The number of fused-ring (bicyclic) bond motifs is 1. The highest BCUT2D eigenvalue weighted by Crippen LogP contribution is 2.52. The van der Waals surface area contributed by atoms with Crippen LogP contribution in [-0.2, 0) is 23.8 Å². The van der Waals surface area contributed by atoms with E-state index in [-0.39, 0.29) is 18.2 Å². The highest BCUT2D eigenvalue weighted by molar-refractivity contribution is 5.93. The molecule has 2 rings (SSSR count). The minimum atomic E-state index is -1.28. The molecule has 1 saturated carbocycles. The predicted octanol–water partition coefficient (Wildman–Crippen LogP) is 3.12. The summed E-state index contributed by atoms with van der Waals surface area (Å²) < 4.78 is 16.6. The Bertz CT molecular complexity index is 468. The summed E-state index contributed by atoms with van der Waals surface area (Å²) in [7, 11) is 0. The van der Waals surface area contributed by atoms with Crippen LogP contribution < -0.4 is 0 Å². The summed E-state index contributed by atoms with van der Waals surface area (Å²) in [4.78, 5) is 25.6. The average molecular weight is 310 g/mol. The number of carbonyl (C=O) groups excluding carboxylic acids is 2. The molecule has 1 fully saturated rings. The van der Waals surface area contributed by atoms with Gasteiger partial charge >= 0.3 is 11.9 Å². The average Bonchev–Trinajstić information content (AvgIpc) is 2.68. The van der Waals surface area contributed by atoms with Gasteiger partial charge in [0.2, 0.25) is 5.60 Å². The lowest BCUT2D eigenvalue weighted by molar-refractivity contribution is -0.192. The van der Waals surface area contributed by atoms with Crippen LogP contribution in [0.4, 0.5) is 0 Å². The summed E-state index contributed by atoms with van der Waals surface area (Å²) in [6.45, 7) is 7.20. The van der Waals surface area contributed by atoms with Gasteiger partial charge in [-0.15, -0.1) is 0 Å². The molecular weight excluding hydrogens is 284 g/mol. The van der Waals surface area contributed by atoms with Crippen LogP contribution in [0.2, 0.25) is 0 Å². The van der Waals surface area contributed by atoms with Crippen molar-refractivity contribution >= 4 is 11.9 Å². The summed E-state index contributed by atoms with van der Waals surface area (Å²) >= 11 is 0. The van der Waals surface area contributed by atoms with Crippen LogP contribution in [0.15, 0.2) is 12.3 Å². The summed E-state index contributed by atoms with van der Waals surface area (Å²) in [5.41, 5.74) is -2.35. The lowest BCUT2D eigenvalue weighted by Crippen LogP contribution is -2.57. The van der Waals surface area contributed by atoms with Crippen LogP contribution in [0.5, 0.6) is 0 Å². The van der Waals surface area contributed by atoms with Gasteiger partial charge in [-0.1, -0.05) is 12.8 Å². The van der Waals surface area contributed by atoms with Gasteiger partial charge < -0.3 is 14.2 Å². The van der Waals surface area contributed by atoms with Crippen molar-refractivity contribution in [2.75, 3.05) is 0 Å². The number of carbonyl (C=O) groups is 2. The first-order valence-corrected chi connectivity index (χ1v) is 8.12. The number of hydrogen-bond donors (Lipinski definition) is 0. The number of esters is 2. The maximum Gasteiger partial charge on any atom is 0.352 e. The first kappa shape index (κ1) is 16.8. The topological polar surface area (TPSA) is 61.8 Å². The molecular formula is C17H26O5. The molecule has 0 radical (unpaired) electrons.